The fourth-order valence-corrected chi connectivity index (χ4v) is 3.25. The van der Waals surface area contributed by atoms with Gasteiger partial charge >= 0.3 is 0 Å². The van der Waals surface area contributed by atoms with Gasteiger partial charge < -0.3 is 19.9 Å². The average Bonchev–Trinajstić information content (AvgIpc) is 2.96. The molecular formula is C26H23FN4O5. The summed E-state index contributed by atoms with van der Waals surface area (Å²) < 4.78 is 25.1. The standard InChI is InChI=1S/C26H23FN4O5/c1-26(2,34)12-10-16-8-9-22-23(29-16)31(3)25(33)20(15-35-22)30-24(32)19-14-17(11-13-28-19)36-21-7-5-4-6-18(21)27/h4-9,11,13-14,20,34H,15H2,1-3H3,(H,30,32). The van der Waals surface area contributed by atoms with Crippen molar-refractivity contribution >= 4 is 17.6 Å². The van der Waals surface area contributed by atoms with Crippen LogP contribution in [0.25, 0.3) is 0 Å². The molecule has 3 aromatic rings. The number of aromatic nitrogens is 2. The lowest BCUT2D eigenvalue weighted by Crippen LogP contribution is -2.49. The zero-order valence-corrected chi connectivity index (χ0v) is 19.8. The lowest BCUT2D eigenvalue weighted by molar-refractivity contribution is -0.120. The summed E-state index contributed by atoms with van der Waals surface area (Å²) in [6.07, 6.45) is 1.35. The summed E-state index contributed by atoms with van der Waals surface area (Å²) in [4.78, 5) is 35.6. The van der Waals surface area contributed by atoms with Gasteiger partial charge in [0.05, 0.1) is 0 Å². The monoisotopic (exact) mass is 490 g/mol. The fraction of sp³-hybridized carbons (Fsp3) is 0.231. The quantitative estimate of drug-likeness (QED) is 0.541. The molecule has 1 unspecified atom stereocenters. The summed E-state index contributed by atoms with van der Waals surface area (Å²) in [5.74, 6) is 4.57. The molecule has 2 amide bonds. The molecule has 0 saturated carbocycles. The van der Waals surface area contributed by atoms with Gasteiger partial charge in [-0.2, -0.15) is 0 Å². The molecular weight excluding hydrogens is 467 g/mol. The van der Waals surface area contributed by atoms with Crippen LogP contribution in [0.15, 0.2) is 54.7 Å². The number of fused-ring (bicyclic) bond motifs is 1. The molecule has 1 atom stereocenters. The second kappa shape index (κ2) is 10.0. The molecule has 36 heavy (non-hydrogen) atoms. The Bertz CT molecular complexity index is 1380. The topological polar surface area (TPSA) is 114 Å². The third kappa shape index (κ3) is 5.76. The van der Waals surface area contributed by atoms with E-state index in [4.69, 9.17) is 9.47 Å². The van der Waals surface area contributed by atoms with E-state index < -0.39 is 29.3 Å². The molecule has 0 spiro atoms. The van der Waals surface area contributed by atoms with Gasteiger partial charge in [-0.05, 0) is 50.1 Å². The summed E-state index contributed by atoms with van der Waals surface area (Å²) in [7, 11) is 1.51. The van der Waals surface area contributed by atoms with E-state index in [1.807, 2.05) is 0 Å². The van der Waals surface area contributed by atoms with E-state index in [1.165, 1.54) is 48.5 Å². The van der Waals surface area contributed by atoms with Crippen LogP contribution in [0.1, 0.15) is 30.0 Å². The molecule has 2 N–H and O–H groups in total. The van der Waals surface area contributed by atoms with Crippen molar-refractivity contribution < 1.29 is 28.6 Å². The maximum absolute atomic E-state index is 13.9. The third-order valence-electron chi connectivity index (χ3n) is 5.02. The zero-order valence-electron chi connectivity index (χ0n) is 19.8. The van der Waals surface area contributed by atoms with Crippen molar-refractivity contribution in [3.63, 3.8) is 0 Å². The number of hydrogen-bond donors (Lipinski definition) is 2. The van der Waals surface area contributed by atoms with Crippen LogP contribution >= 0.6 is 0 Å². The molecule has 10 heteroatoms. The van der Waals surface area contributed by atoms with Crippen molar-refractivity contribution in [2.75, 3.05) is 18.6 Å². The number of carbonyl (C=O) groups is 2. The number of anilines is 1. The number of rotatable bonds is 4. The molecule has 2 aromatic heterocycles. The number of nitrogens with zero attached hydrogens (tertiary/aromatic N) is 3. The van der Waals surface area contributed by atoms with E-state index in [-0.39, 0.29) is 29.6 Å². The molecule has 0 bridgehead atoms. The second-order valence-corrected chi connectivity index (χ2v) is 8.47. The highest BCUT2D eigenvalue weighted by Crippen LogP contribution is 2.29. The molecule has 0 radical (unpaired) electrons. The fourth-order valence-electron chi connectivity index (χ4n) is 3.25. The SMILES string of the molecule is CN1C(=O)C(NC(=O)c2cc(Oc3ccccc3F)ccn2)COc2ccc(C#CC(C)(C)O)nc21. The molecule has 1 aliphatic rings. The Balaban J connectivity index is 1.49. The number of aliphatic hydroxyl groups is 1. The number of nitrogens with one attached hydrogen (secondary N) is 1. The summed E-state index contributed by atoms with van der Waals surface area (Å²) in [5.41, 5.74) is -0.880. The minimum absolute atomic E-state index is 0.000837. The molecule has 0 aliphatic carbocycles. The molecule has 184 valence electrons. The number of benzene rings is 1. The van der Waals surface area contributed by atoms with Crippen molar-refractivity contribution in [2.45, 2.75) is 25.5 Å². The van der Waals surface area contributed by atoms with Gasteiger partial charge in [-0.25, -0.2) is 9.37 Å². The Morgan fingerprint density at radius 3 is 2.81 bits per heavy atom. The number of halogens is 1. The highest BCUT2D eigenvalue weighted by molar-refractivity contribution is 6.02. The molecule has 3 heterocycles. The molecule has 0 saturated heterocycles. The predicted octanol–water partition coefficient (Wildman–Crippen LogP) is 2.68. The van der Waals surface area contributed by atoms with Crippen molar-refractivity contribution in [2.24, 2.45) is 0 Å². The van der Waals surface area contributed by atoms with Gasteiger partial charge in [0, 0.05) is 19.3 Å². The third-order valence-corrected chi connectivity index (χ3v) is 5.02. The number of likely N-dealkylation sites (N-methyl/N-ethyl adjacent to an activating group) is 1. The predicted molar refractivity (Wildman–Crippen MR) is 128 cm³/mol. The van der Waals surface area contributed by atoms with E-state index in [0.29, 0.717) is 11.4 Å². The van der Waals surface area contributed by atoms with Gasteiger partial charge in [-0.3, -0.25) is 19.5 Å². The van der Waals surface area contributed by atoms with Gasteiger partial charge in [0.25, 0.3) is 11.8 Å². The van der Waals surface area contributed by atoms with Crippen LogP contribution in [-0.2, 0) is 4.79 Å². The summed E-state index contributed by atoms with van der Waals surface area (Å²) in [5, 5.41) is 12.4. The van der Waals surface area contributed by atoms with Crippen molar-refractivity contribution in [3.05, 3.63) is 71.9 Å². The van der Waals surface area contributed by atoms with Crippen LogP contribution in [0.4, 0.5) is 10.2 Å². The van der Waals surface area contributed by atoms with Gasteiger partial charge in [-0.1, -0.05) is 18.1 Å². The Morgan fingerprint density at radius 1 is 1.28 bits per heavy atom. The zero-order chi connectivity index (χ0) is 25.9. The van der Waals surface area contributed by atoms with Gasteiger partial charge in [0.1, 0.15) is 35.4 Å². The number of carbonyl (C=O) groups excluding carboxylic acids is 2. The highest BCUT2D eigenvalue weighted by Gasteiger charge is 2.32. The van der Waals surface area contributed by atoms with Crippen molar-refractivity contribution in [1.29, 1.82) is 0 Å². The molecule has 1 aliphatic heterocycles. The molecule has 9 nitrogen and oxygen atoms in total. The number of hydrogen-bond acceptors (Lipinski definition) is 7. The summed E-state index contributed by atoms with van der Waals surface area (Å²) >= 11 is 0. The minimum Gasteiger partial charge on any atom is -0.487 e. The first-order valence-electron chi connectivity index (χ1n) is 11.0. The van der Waals surface area contributed by atoms with E-state index in [2.05, 4.69) is 27.1 Å². The first-order chi connectivity index (χ1) is 17.1. The Labute approximate surface area is 206 Å². The van der Waals surface area contributed by atoms with Crippen LogP contribution < -0.4 is 19.7 Å². The van der Waals surface area contributed by atoms with E-state index in [1.54, 1.807) is 32.0 Å². The number of pyridine rings is 2. The first-order valence-corrected chi connectivity index (χ1v) is 11.0. The maximum Gasteiger partial charge on any atom is 0.270 e. The van der Waals surface area contributed by atoms with Crippen molar-refractivity contribution in [3.8, 4) is 29.1 Å². The van der Waals surface area contributed by atoms with Gasteiger partial charge in [0.15, 0.2) is 23.1 Å². The Kier molecular flexibility index (Phi) is 6.85. The van der Waals surface area contributed by atoms with E-state index in [0.717, 1.165) is 0 Å². The second-order valence-electron chi connectivity index (χ2n) is 8.47. The van der Waals surface area contributed by atoms with E-state index >= 15 is 0 Å². The Morgan fingerprint density at radius 2 is 2.06 bits per heavy atom. The maximum atomic E-state index is 13.9. The first kappa shape index (κ1) is 24.6. The van der Waals surface area contributed by atoms with Crippen LogP contribution in [0.3, 0.4) is 0 Å². The van der Waals surface area contributed by atoms with Crippen LogP contribution in [0, 0.1) is 17.7 Å². The smallest absolute Gasteiger partial charge is 0.270 e. The number of amides is 2. The van der Waals surface area contributed by atoms with Gasteiger partial charge in [-0.15, -0.1) is 0 Å². The summed E-state index contributed by atoms with van der Waals surface area (Å²) in [6, 6.07) is 10.9. The lowest BCUT2D eigenvalue weighted by atomic mass is 10.1. The Hall–Kier alpha value is -4.49. The highest BCUT2D eigenvalue weighted by atomic mass is 19.1. The largest absolute Gasteiger partial charge is 0.487 e. The van der Waals surface area contributed by atoms with Crippen molar-refractivity contribution in [1.82, 2.24) is 15.3 Å². The summed E-state index contributed by atoms with van der Waals surface area (Å²) in [6.45, 7) is 2.96. The van der Waals surface area contributed by atoms with Crippen LogP contribution in [0.2, 0.25) is 0 Å². The average molecular weight is 490 g/mol. The van der Waals surface area contributed by atoms with Gasteiger partial charge in [0.2, 0.25) is 0 Å². The number of ether oxygens (including phenoxy) is 2. The number of para-hydroxylation sites is 1. The van der Waals surface area contributed by atoms with Crippen LogP contribution in [-0.4, -0.2) is 52.2 Å². The molecule has 1 aromatic carbocycles. The molecule has 0 fully saturated rings. The normalized spacial score (nSPS) is 15.1. The minimum atomic E-state index is -1.20. The molecule has 4 rings (SSSR count). The lowest BCUT2D eigenvalue weighted by Gasteiger charge is -2.19. The van der Waals surface area contributed by atoms with E-state index in [9.17, 15) is 19.1 Å². The van der Waals surface area contributed by atoms with Crippen LogP contribution in [0.5, 0.6) is 17.2 Å².